The molecule has 9 heteroatoms. The van der Waals surface area contributed by atoms with Crippen molar-refractivity contribution in [1.82, 2.24) is 9.55 Å². The Morgan fingerprint density at radius 2 is 1.42 bits per heavy atom. The minimum atomic E-state index is -4.28. The van der Waals surface area contributed by atoms with Crippen molar-refractivity contribution >= 4 is 53.7 Å². The molecule has 2 heterocycles. The number of benzene rings is 3. The molecule has 0 saturated heterocycles. The van der Waals surface area contributed by atoms with E-state index in [4.69, 9.17) is 0 Å². The zero-order valence-electron chi connectivity index (χ0n) is 18.0. The number of pyridine rings is 2. The van der Waals surface area contributed by atoms with E-state index < -0.39 is 15.9 Å². The Bertz CT molecular complexity index is 1760. The van der Waals surface area contributed by atoms with Gasteiger partial charge in [-0.1, -0.05) is 24.3 Å². The Morgan fingerprint density at radius 3 is 2.18 bits per heavy atom. The first kappa shape index (κ1) is 24.3. The number of aromatic nitrogens is 2. The molecule has 0 fully saturated rings. The predicted molar refractivity (Wildman–Crippen MR) is 125 cm³/mol. The van der Waals surface area contributed by atoms with Gasteiger partial charge < -0.3 is 14.1 Å². The molecule has 1 N–H and O–H groups in total. The van der Waals surface area contributed by atoms with Crippen LogP contribution in [0.2, 0.25) is 0 Å². The Morgan fingerprint density at radius 1 is 0.758 bits per heavy atom. The molecule has 0 saturated carbocycles. The molecule has 0 bridgehead atoms. The maximum Gasteiger partial charge on any atom is 1.00 e. The van der Waals surface area contributed by atoms with Gasteiger partial charge in [-0.3, -0.25) is 9.59 Å². The van der Waals surface area contributed by atoms with E-state index in [0.717, 1.165) is 0 Å². The number of aromatic amines is 1. The van der Waals surface area contributed by atoms with Crippen molar-refractivity contribution in [3.05, 3.63) is 81.1 Å². The van der Waals surface area contributed by atoms with Crippen LogP contribution in [0.15, 0.2) is 70.3 Å². The fraction of sp³-hybridized carbons (Fsp3) is 0.167. The van der Waals surface area contributed by atoms with Crippen LogP contribution in [0.3, 0.4) is 0 Å². The van der Waals surface area contributed by atoms with Crippen LogP contribution in [0.25, 0.3) is 43.6 Å². The van der Waals surface area contributed by atoms with Gasteiger partial charge >= 0.3 is 51.4 Å². The second-order valence-electron chi connectivity index (χ2n) is 7.88. The second-order valence-corrected chi connectivity index (χ2v) is 9.41. The van der Waals surface area contributed by atoms with Crippen LogP contribution in [0.5, 0.6) is 0 Å². The molecule has 0 aliphatic carbocycles. The van der Waals surface area contributed by atoms with Crippen molar-refractivity contribution in [1.29, 1.82) is 0 Å². The largest absolute Gasteiger partial charge is 1.00 e. The van der Waals surface area contributed by atoms with Gasteiger partial charge in [-0.2, -0.15) is 0 Å². The van der Waals surface area contributed by atoms with E-state index >= 15 is 0 Å². The number of H-pyrrole nitrogens is 1. The van der Waals surface area contributed by atoms with Gasteiger partial charge in [0.05, 0.1) is 26.7 Å². The van der Waals surface area contributed by atoms with Gasteiger partial charge in [-0.25, -0.2) is 8.42 Å². The molecular formula is C24H19KN2O5S. The maximum atomic E-state index is 13.3. The smallest absolute Gasteiger partial charge is 0.748 e. The van der Waals surface area contributed by atoms with E-state index in [2.05, 4.69) is 4.98 Å². The summed E-state index contributed by atoms with van der Waals surface area (Å²) in [5, 5.41) is 2.05. The molecule has 0 amide bonds. The molecule has 3 aromatic carbocycles. The molecule has 0 radical (unpaired) electrons. The summed E-state index contributed by atoms with van der Waals surface area (Å²) < 4.78 is 34.8. The summed E-state index contributed by atoms with van der Waals surface area (Å²) in [6.45, 7) is 0.407. The van der Waals surface area contributed by atoms with Crippen molar-refractivity contribution < 1.29 is 64.4 Å². The zero-order valence-corrected chi connectivity index (χ0v) is 21.9. The average Bonchev–Trinajstić information content (AvgIpc) is 2.77. The Labute approximate surface area is 231 Å². The molecule has 7 nitrogen and oxygen atoms in total. The molecule has 0 atom stereocenters. The third-order valence-corrected chi connectivity index (χ3v) is 6.61. The van der Waals surface area contributed by atoms with E-state index in [1.807, 2.05) is 28.8 Å². The van der Waals surface area contributed by atoms with Crippen LogP contribution in [0.4, 0.5) is 0 Å². The molecule has 33 heavy (non-hydrogen) atoms. The Hall–Kier alpha value is -1.85. The van der Waals surface area contributed by atoms with Gasteiger partial charge in [0, 0.05) is 39.4 Å². The average molecular weight is 487 g/mol. The third-order valence-electron chi connectivity index (χ3n) is 5.82. The quantitative estimate of drug-likeness (QED) is 0.168. The molecule has 5 aromatic rings. The summed E-state index contributed by atoms with van der Waals surface area (Å²) in [4.78, 5) is 29.7. The van der Waals surface area contributed by atoms with Gasteiger partial charge in [-0.15, -0.1) is 0 Å². The minimum Gasteiger partial charge on any atom is -0.748 e. The van der Waals surface area contributed by atoms with Gasteiger partial charge in [0.1, 0.15) is 0 Å². The standard InChI is InChI=1S/C24H20N2O5S.K/c27-23-15-7-1-3-9-19(15)25-20-13-18-22(14-17(20)23)26(11-5-6-12-32(29,30)31)21-10-4-2-8-16(21)24(18)28;/h1-4,7-10,13-14H,5-6,11-12H2,(H,25,27)(H,29,30,31);/q;+1/p-1. The van der Waals surface area contributed by atoms with Crippen LogP contribution in [0, 0.1) is 0 Å². The number of unbranched alkanes of at least 4 members (excludes halogenated alkanes) is 1. The van der Waals surface area contributed by atoms with E-state index in [0.29, 0.717) is 56.6 Å². The first-order valence-electron chi connectivity index (χ1n) is 10.3. The number of fused-ring (bicyclic) bond motifs is 4. The molecule has 0 aliphatic heterocycles. The normalized spacial score (nSPS) is 11.9. The maximum absolute atomic E-state index is 13.3. The van der Waals surface area contributed by atoms with E-state index in [-0.39, 0.29) is 68.7 Å². The number of nitrogens with zero attached hydrogens (tertiary/aromatic N) is 1. The van der Waals surface area contributed by atoms with Crippen LogP contribution in [-0.4, -0.2) is 28.3 Å². The topological polar surface area (TPSA) is 112 Å². The summed E-state index contributed by atoms with van der Waals surface area (Å²) in [5.41, 5.74) is 2.33. The number of hydrogen-bond acceptors (Lipinski definition) is 5. The fourth-order valence-electron chi connectivity index (χ4n) is 4.33. The van der Waals surface area contributed by atoms with Crippen molar-refractivity contribution in [2.45, 2.75) is 19.4 Å². The van der Waals surface area contributed by atoms with E-state index in [1.54, 1.807) is 36.4 Å². The summed E-state index contributed by atoms with van der Waals surface area (Å²) >= 11 is 0. The van der Waals surface area contributed by atoms with Crippen molar-refractivity contribution in [2.24, 2.45) is 0 Å². The van der Waals surface area contributed by atoms with Gasteiger partial charge in [0.2, 0.25) is 0 Å². The zero-order chi connectivity index (χ0) is 22.5. The SMILES string of the molecule is O=c1c2ccccc2[nH]c2cc3c(=O)c4ccccc4n(CCCCS(=O)(=O)[O-])c3cc12.[K+]. The second kappa shape index (κ2) is 9.42. The summed E-state index contributed by atoms with van der Waals surface area (Å²) in [6, 6.07) is 17.9. The first-order valence-corrected chi connectivity index (χ1v) is 11.8. The minimum absolute atomic E-state index is 0. The number of rotatable bonds is 5. The molecule has 162 valence electrons. The predicted octanol–water partition coefficient (Wildman–Crippen LogP) is 0.479. The molecule has 0 aliphatic rings. The number of aryl methyl sites for hydroxylation is 1. The van der Waals surface area contributed by atoms with Crippen LogP contribution in [-0.2, 0) is 16.7 Å². The van der Waals surface area contributed by atoms with Crippen LogP contribution in [0.1, 0.15) is 12.8 Å². The van der Waals surface area contributed by atoms with Crippen LogP contribution < -0.4 is 62.2 Å². The van der Waals surface area contributed by atoms with E-state index in [1.165, 1.54) is 0 Å². The van der Waals surface area contributed by atoms with Gasteiger partial charge in [0.25, 0.3) is 0 Å². The van der Waals surface area contributed by atoms with E-state index in [9.17, 15) is 22.6 Å². The summed E-state index contributed by atoms with van der Waals surface area (Å²) in [5.74, 6) is -0.433. The number of para-hydroxylation sites is 2. The molecule has 5 rings (SSSR count). The monoisotopic (exact) mass is 486 g/mol. The molecule has 0 spiro atoms. The molecule has 2 aromatic heterocycles. The van der Waals surface area contributed by atoms with Crippen molar-refractivity contribution in [3.8, 4) is 0 Å². The molecule has 0 unspecified atom stereocenters. The number of hydrogen-bond donors (Lipinski definition) is 1. The molecular weight excluding hydrogens is 467 g/mol. The van der Waals surface area contributed by atoms with Crippen molar-refractivity contribution in [3.63, 3.8) is 0 Å². The first-order chi connectivity index (χ1) is 15.3. The Balaban J connectivity index is 0.00000259. The van der Waals surface area contributed by atoms with Gasteiger partial charge in [-0.05, 0) is 49.2 Å². The fourth-order valence-corrected chi connectivity index (χ4v) is 4.89. The Kier molecular flexibility index (Phi) is 6.93. The third kappa shape index (κ3) is 4.59. The van der Waals surface area contributed by atoms with Gasteiger partial charge in [0.15, 0.2) is 10.9 Å². The number of nitrogens with one attached hydrogen (secondary N) is 1. The summed E-state index contributed by atoms with van der Waals surface area (Å²) in [7, 11) is -4.28. The van der Waals surface area contributed by atoms with Crippen LogP contribution >= 0.6 is 0 Å². The summed E-state index contributed by atoms with van der Waals surface area (Å²) in [6.07, 6.45) is 0.655. The van der Waals surface area contributed by atoms with Crippen molar-refractivity contribution in [2.75, 3.05) is 5.75 Å².